The molecule has 1 rings (SSSR count). The van der Waals surface area contributed by atoms with Crippen LogP contribution in [-0.2, 0) is 9.63 Å². The summed E-state index contributed by atoms with van der Waals surface area (Å²) in [7, 11) is 0. The van der Waals surface area contributed by atoms with Crippen LogP contribution in [0.25, 0.3) is 0 Å². The third-order valence-corrected chi connectivity index (χ3v) is 2.96. The summed E-state index contributed by atoms with van der Waals surface area (Å²) >= 11 is 0. The van der Waals surface area contributed by atoms with Crippen LogP contribution in [0.5, 0.6) is 0 Å². The Hall–Kier alpha value is -0.570. The summed E-state index contributed by atoms with van der Waals surface area (Å²) in [5.41, 5.74) is 0. The minimum atomic E-state index is -0.0312. The molecule has 14 heavy (non-hydrogen) atoms. The van der Waals surface area contributed by atoms with Crippen molar-refractivity contribution in [2.45, 2.75) is 46.0 Å². The van der Waals surface area contributed by atoms with Crippen LogP contribution in [0, 0.1) is 0 Å². The zero-order valence-corrected chi connectivity index (χ0v) is 9.42. The summed E-state index contributed by atoms with van der Waals surface area (Å²) < 4.78 is 0.568. The monoisotopic (exact) mass is 200 g/mol. The number of piperidine rings is 1. The maximum atomic E-state index is 11.4. The van der Waals surface area contributed by atoms with E-state index in [0.29, 0.717) is 11.1 Å². The van der Waals surface area contributed by atoms with Crippen LogP contribution in [0.2, 0.25) is 0 Å². The van der Waals surface area contributed by atoms with E-state index in [9.17, 15) is 4.79 Å². The van der Waals surface area contributed by atoms with Crippen molar-refractivity contribution < 1.29 is 14.3 Å². The highest BCUT2D eigenvalue weighted by molar-refractivity contribution is 5.68. The standard InChI is InChI=1S/C11H22NO2/c1-3-8-11(13)14-12(4-2)9-6-5-7-10-12/h3-10H2,1-2H3/q+1. The first kappa shape index (κ1) is 11.5. The van der Waals surface area contributed by atoms with Gasteiger partial charge in [-0.05, 0) is 19.8 Å². The molecule has 1 aliphatic rings. The third-order valence-electron chi connectivity index (χ3n) is 2.96. The fraction of sp³-hybridized carbons (Fsp3) is 0.909. The number of likely N-dealkylation sites (tertiary alicyclic amines) is 1. The number of hydrogen-bond acceptors (Lipinski definition) is 2. The molecule has 1 heterocycles. The zero-order chi connectivity index (χ0) is 10.4. The van der Waals surface area contributed by atoms with E-state index in [1.165, 1.54) is 19.3 Å². The van der Waals surface area contributed by atoms with Gasteiger partial charge in [-0.25, -0.2) is 4.79 Å². The van der Waals surface area contributed by atoms with Gasteiger partial charge < -0.3 is 0 Å². The highest BCUT2D eigenvalue weighted by Crippen LogP contribution is 2.20. The number of carbonyl (C=O) groups is 1. The number of quaternary nitrogens is 1. The predicted molar refractivity (Wildman–Crippen MR) is 55.4 cm³/mol. The van der Waals surface area contributed by atoms with Gasteiger partial charge in [0.2, 0.25) is 0 Å². The van der Waals surface area contributed by atoms with E-state index >= 15 is 0 Å². The molecule has 0 N–H and O–H groups in total. The van der Waals surface area contributed by atoms with E-state index in [1.807, 2.05) is 6.92 Å². The van der Waals surface area contributed by atoms with Gasteiger partial charge in [0.25, 0.3) is 0 Å². The van der Waals surface area contributed by atoms with Crippen LogP contribution in [0.15, 0.2) is 0 Å². The summed E-state index contributed by atoms with van der Waals surface area (Å²) in [4.78, 5) is 17.0. The molecule has 1 saturated heterocycles. The van der Waals surface area contributed by atoms with Gasteiger partial charge in [-0.1, -0.05) is 6.92 Å². The molecule has 0 spiro atoms. The lowest BCUT2D eigenvalue weighted by molar-refractivity contribution is -1.09. The van der Waals surface area contributed by atoms with Gasteiger partial charge >= 0.3 is 5.97 Å². The van der Waals surface area contributed by atoms with Crippen molar-refractivity contribution in [3.8, 4) is 0 Å². The smallest absolute Gasteiger partial charge is 0.277 e. The topological polar surface area (TPSA) is 26.3 Å². The van der Waals surface area contributed by atoms with Crippen LogP contribution in [0.4, 0.5) is 0 Å². The lowest BCUT2D eigenvalue weighted by Gasteiger charge is -2.36. The highest BCUT2D eigenvalue weighted by Gasteiger charge is 2.33. The molecule has 0 atom stereocenters. The Balaban J connectivity index is 2.47. The van der Waals surface area contributed by atoms with E-state index in [4.69, 9.17) is 4.84 Å². The summed E-state index contributed by atoms with van der Waals surface area (Å²) in [5, 5.41) is 0. The van der Waals surface area contributed by atoms with Crippen LogP contribution < -0.4 is 0 Å². The van der Waals surface area contributed by atoms with Gasteiger partial charge in [0.05, 0.1) is 6.42 Å². The molecule has 0 radical (unpaired) electrons. The molecule has 3 nitrogen and oxygen atoms in total. The molecule has 0 aromatic carbocycles. The lowest BCUT2D eigenvalue weighted by Crippen LogP contribution is -2.52. The lowest BCUT2D eigenvalue weighted by atomic mass is 10.1. The van der Waals surface area contributed by atoms with Gasteiger partial charge in [0, 0.05) is 12.8 Å². The normalized spacial score (nSPS) is 20.4. The first-order valence-corrected chi connectivity index (χ1v) is 5.81. The zero-order valence-electron chi connectivity index (χ0n) is 9.42. The quantitative estimate of drug-likeness (QED) is 0.651. The van der Waals surface area contributed by atoms with Crippen LogP contribution in [0.3, 0.4) is 0 Å². The Morgan fingerprint density at radius 3 is 2.36 bits per heavy atom. The molecule has 0 aromatic rings. The summed E-state index contributed by atoms with van der Waals surface area (Å²) in [5.74, 6) is -0.0312. The summed E-state index contributed by atoms with van der Waals surface area (Å²) in [6.45, 7) is 7.03. The first-order chi connectivity index (χ1) is 6.72. The second-order valence-corrected chi connectivity index (χ2v) is 4.10. The Labute approximate surface area is 86.6 Å². The summed E-state index contributed by atoms with van der Waals surface area (Å²) in [6, 6.07) is 0. The van der Waals surface area contributed by atoms with Gasteiger partial charge in [-0.3, -0.25) is 4.84 Å². The predicted octanol–water partition coefficient (Wildman–Crippen LogP) is 2.27. The number of rotatable bonds is 4. The van der Waals surface area contributed by atoms with Crippen molar-refractivity contribution in [3.63, 3.8) is 0 Å². The van der Waals surface area contributed by atoms with Gasteiger partial charge in [0.1, 0.15) is 19.6 Å². The molecule has 0 saturated carbocycles. The van der Waals surface area contributed by atoms with E-state index in [1.54, 1.807) is 0 Å². The average Bonchev–Trinajstić information content (AvgIpc) is 2.19. The second kappa shape index (κ2) is 5.35. The maximum absolute atomic E-state index is 11.4. The Kier molecular flexibility index (Phi) is 4.39. The molecular weight excluding hydrogens is 178 g/mol. The molecular formula is C11H22NO2+. The van der Waals surface area contributed by atoms with E-state index < -0.39 is 0 Å². The van der Waals surface area contributed by atoms with Crippen LogP contribution >= 0.6 is 0 Å². The number of carbonyl (C=O) groups excluding carboxylic acids is 1. The van der Waals surface area contributed by atoms with E-state index in [2.05, 4.69) is 6.92 Å². The van der Waals surface area contributed by atoms with Crippen molar-refractivity contribution in [1.82, 2.24) is 0 Å². The molecule has 0 amide bonds. The van der Waals surface area contributed by atoms with Crippen molar-refractivity contribution in [2.75, 3.05) is 19.6 Å². The van der Waals surface area contributed by atoms with Crippen molar-refractivity contribution >= 4 is 5.97 Å². The minimum Gasteiger partial charge on any atom is -0.277 e. The van der Waals surface area contributed by atoms with Crippen molar-refractivity contribution in [2.24, 2.45) is 0 Å². The number of nitrogens with zero attached hydrogens (tertiary/aromatic N) is 1. The molecule has 0 aliphatic carbocycles. The number of hydroxylamine groups is 3. The van der Waals surface area contributed by atoms with Crippen molar-refractivity contribution in [1.29, 1.82) is 0 Å². The highest BCUT2D eigenvalue weighted by atomic mass is 16.7. The van der Waals surface area contributed by atoms with Gasteiger partial charge in [0.15, 0.2) is 0 Å². The fourth-order valence-corrected chi connectivity index (χ4v) is 2.03. The van der Waals surface area contributed by atoms with Crippen LogP contribution in [-0.4, -0.2) is 30.2 Å². The first-order valence-electron chi connectivity index (χ1n) is 5.81. The Morgan fingerprint density at radius 1 is 1.21 bits per heavy atom. The minimum absolute atomic E-state index is 0.0312. The molecule has 3 heteroatoms. The SMILES string of the molecule is CCCC(=O)O[N+]1(CC)CCCCC1. The van der Waals surface area contributed by atoms with E-state index in [0.717, 1.165) is 26.1 Å². The Bertz CT molecular complexity index is 186. The second-order valence-electron chi connectivity index (χ2n) is 4.10. The molecule has 1 fully saturated rings. The summed E-state index contributed by atoms with van der Waals surface area (Å²) in [6.07, 6.45) is 5.09. The molecule has 0 bridgehead atoms. The number of hydrogen-bond donors (Lipinski definition) is 0. The van der Waals surface area contributed by atoms with Crippen LogP contribution in [0.1, 0.15) is 46.0 Å². The van der Waals surface area contributed by atoms with Crippen molar-refractivity contribution in [3.05, 3.63) is 0 Å². The van der Waals surface area contributed by atoms with Gasteiger partial charge in [-0.2, -0.15) is 0 Å². The molecule has 0 aromatic heterocycles. The average molecular weight is 200 g/mol. The van der Waals surface area contributed by atoms with Gasteiger partial charge in [-0.15, -0.1) is 4.65 Å². The fourth-order valence-electron chi connectivity index (χ4n) is 2.03. The molecule has 1 aliphatic heterocycles. The van der Waals surface area contributed by atoms with E-state index in [-0.39, 0.29) is 5.97 Å². The largest absolute Gasteiger partial charge is 0.366 e. The maximum Gasteiger partial charge on any atom is 0.366 e. The molecule has 82 valence electrons. The third kappa shape index (κ3) is 2.98. The molecule has 0 unspecified atom stereocenters. The Morgan fingerprint density at radius 2 is 1.86 bits per heavy atom.